The van der Waals surface area contributed by atoms with E-state index in [-0.39, 0.29) is 11.3 Å². The zero-order valence-electron chi connectivity index (χ0n) is 20.5. The van der Waals surface area contributed by atoms with E-state index in [0.29, 0.717) is 27.7 Å². The van der Waals surface area contributed by atoms with E-state index in [1.54, 1.807) is 42.5 Å². The summed E-state index contributed by atoms with van der Waals surface area (Å²) in [4.78, 5) is 43.7. The Labute approximate surface area is 218 Å². The molecule has 6 heteroatoms. The summed E-state index contributed by atoms with van der Waals surface area (Å²) < 4.78 is 0. The van der Waals surface area contributed by atoms with Crippen molar-refractivity contribution in [2.75, 3.05) is 9.80 Å². The summed E-state index contributed by atoms with van der Waals surface area (Å²) in [6.45, 7) is 1.91. The minimum Gasteiger partial charge on any atom is -0.507 e. The number of hydrogen-bond acceptors (Lipinski definition) is 4. The molecule has 38 heavy (non-hydrogen) atoms. The molecule has 1 N–H and O–H groups in total. The summed E-state index contributed by atoms with van der Waals surface area (Å²) in [5.74, 6) is -1.59. The van der Waals surface area contributed by atoms with E-state index in [0.717, 1.165) is 26.1 Å². The zero-order chi connectivity index (χ0) is 26.4. The maximum Gasteiger partial charge on any atom is 0.343 e. The van der Waals surface area contributed by atoms with E-state index in [1.807, 2.05) is 61.5 Å². The summed E-state index contributed by atoms with van der Waals surface area (Å²) in [6.07, 6.45) is 1.38. The van der Waals surface area contributed by atoms with Crippen LogP contribution in [0.3, 0.4) is 0 Å². The van der Waals surface area contributed by atoms with Gasteiger partial charge in [-0.1, -0.05) is 84.4 Å². The molecule has 1 aliphatic heterocycles. The van der Waals surface area contributed by atoms with E-state index < -0.39 is 17.8 Å². The number of carbonyl (C=O) groups excluding carboxylic acids is 3. The van der Waals surface area contributed by atoms with E-state index in [4.69, 9.17) is 0 Å². The number of phenols is 1. The van der Waals surface area contributed by atoms with Crippen molar-refractivity contribution in [2.45, 2.75) is 6.92 Å². The first-order valence-corrected chi connectivity index (χ1v) is 12.1. The standard InChI is InChI=1S/C32H22N2O4/c1-20-13-16-23(17-14-20)33-30(36)27(19-26-24-10-4-2-8-22(24)15-18-29(26)35)31(37)34(32(33)38)28-12-6-9-21-7-3-5-11-25(21)28/h2-19,35H,1H3/b27-19+. The molecule has 6 nitrogen and oxygen atoms in total. The van der Waals surface area contributed by atoms with Gasteiger partial charge in [-0.05, 0) is 53.4 Å². The molecule has 6 rings (SSSR count). The first-order chi connectivity index (χ1) is 18.4. The summed E-state index contributed by atoms with van der Waals surface area (Å²) in [7, 11) is 0. The second kappa shape index (κ2) is 9.01. The highest BCUT2D eigenvalue weighted by Crippen LogP contribution is 2.36. The molecule has 0 bridgehead atoms. The number of aryl methyl sites for hydroxylation is 1. The number of imide groups is 2. The van der Waals surface area contributed by atoms with Crippen LogP contribution in [0.15, 0.2) is 109 Å². The Kier molecular flexibility index (Phi) is 5.50. The average molecular weight is 499 g/mol. The fourth-order valence-corrected chi connectivity index (χ4v) is 4.85. The quantitative estimate of drug-likeness (QED) is 0.225. The zero-order valence-corrected chi connectivity index (χ0v) is 20.5. The summed E-state index contributed by atoms with van der Waals surface area (Å²) >= 11 is 0. The van der Waals surface area contributed by atoms with Gasteiger partial charge >= 0.3 is 6.03 Å². The fraction of sp³-hybridized carbons (Fsp3) is 0.0312. The summed E-state index contributed by atoms with van der Waals surface area (Å²) in [5, 5.41) is 13.8. The largest absolute Gasteiger partial charge is 0.507 e. The lowest BCUT2D eigenvalue weighted by atomic mass is 9.98. The van der Waals surface area contributed by atoms with Gasteiger partial charge in [0.05, 0.1) is 11.4 Å². The van der Waals surface area contributed by atoms with Crippen molar-refractivity contribution in [2.24, 2.45) is 0 Å². The third-order valence-corrected chi connectivity index (χ3v) is 6.79. The SMILES string of the molecule is Cc1ccc(N2C(=O)/C(=C\c3c(O)ccc4ccccc34)C(=O)N(c3cccc4ccccc34)C2=O)cc1. The lowest BCUT2D eigenvalue weighted by molar-refractivity contribution is -0.121. The van der Waals surface area contributed by atoms with Crippen LogP contribution in [0.2, 0.25) is 0 Å². The molecule has 1 saturated heterocycles. The average Bonchev–Trinajstić information content (AvgIpc) is 2.93. The second-order valence-corrected chi connectivity index (χ2v) is 9.18. The monoisotopic (exact) mass is 498 g/mol. The topological polar surface area (TPSA) is 77.9 Å². The van der Waals surface area contributed by atoms with Gasteiger partial charge in [0.2, 0.25) is 0 Å². The lowest BCUT2D eigenvalue weighted by Gasteiger charge is -2.34. The number of fused-ring (bicyclic) bond motifs is 2. The maximum atomic E-state index is 14.0. The van der Waals surface area contributed by atoms with Crippen molar-refractivity contribution in [3.8, 4) is 5.75 Å². The molecule has 0 radical (unpaired) electrons. The molecule has 0 aliphatic carbocycles. The number of phenolic OH excluding ortho intramolecular Hbond substituents is 1. The van der Waals surface area contributed by atoms with Crippen LogP contribution >= 0.6 is 0 Å². The molecule has 1 heterocycles. The van der Waals surface area contributed by atoms with Crippen molar-refractivity contribution in [3.05, 3.63) is 120 Å². The smallest absolute Gasteiger partial charge is 0.343 e. The normalized spacial score (nSPS) is 15.2. The van der Waals surface area contributed by atoms with E-state index in [9.17, 15) is 19.5 Å². The number of anilines is 2. The van der Waals surface area contributed by atoms with Gasteiger partial charge in [0, 0.05) is 10.9 Å². The number of rotatable bonds is 3. The minimum atomic E-state index is -0.764. The van der Waals surface area contributed by atoms with Crippen molar-refractivity contribution in [3.63, 3.8) is 0 Å². The van der Waals surface area contributed by atoms with Gasteiger partial charge in [0.1, 0.15) is 11.3 Å². The van der Waals surface area contributed by atoms with Crippen LogP contribution < -0.4 is 9.80 Å². The van der Waals surface area contributed by atoms with Gasteiger partial charge in [-0.3, -0.25) is 9.59 Å². The Morgan fingerprint density at radius 2 is 1.24 bits per heavy atom. The summed E-state index contributed by atoms with van der Waals surface area (Å²) in [5.41, 5.74) is 1.77. The molecule has 5 aromatic rings. The molecule has 0 aromatic heterocycles. The number of urea groups is 1. The van der Waals surface area contributed by atoms with Crippen LogP contribution in [0.4, 0.5) is 16.2 Å². The molecule has 5 aromatic carbocycles. The lowest BCUT2D eigenvalue weighted by Crippen LogP contribution is -2.57. The number of barbiturate groups is 1. The maximum absolute atomic E-state index is 14.0. The number of nitrogens with zero attached hydrogens (tertiary/aromatic N) is 2. The Balaban J connectivity index is 1.60. The number of carbonyl (C=O) groups is 3. The van der Waals surface area contributed by atoms with Gasteiger partial charge in [-0.15, -0.1) is 0 Å². The Bertz CT molecular complexity index is 1800. The minimum absolute atomic E-state index is 0.0766. The molecule has 1 aliphatic rings. The first kappa shape index (κ1) is 23.2. The van der Waals surface area contributed by atoms with E-state index in [2.05, 4.69) is 0 Å². The van der Waals surface area contributed by atoms with Crippen LogP contribution in [0, 0.1) is 6.92 Å². The van der Waals surface area contributed by atoms with Gasteiger partial charge in [-0.25, -0.2) is 14.6 Å². The molecule has 0 saturated carbocycles. The highest BCUT2D eigenvalue weighted by atomic mass is 16.3. The Morgan fingerprint density at radius 3 is 1.97 bits per heavy atom. The molecular formula is C32H22N2O4. The molecule has 0 spiro atoms. The predicted octanol–water partition coefficient (Wildman–Crippen LogP) is 6.59. The Morgan fingerprint density at radius 1 is 0.632 bits per heavy atom. The van der Waals surface area contributed by atoms with Crippen LogP contribution in [0.1, 0.15) is 11.1 Å². The van der Waals surface area contributed by atoms with Gasteiger partial charge in [0.25, 0.3) is 11.8 Å². The van der Waals surface area contributed by atoms with Crippen LogP contribution in [-0.4, -0.2) is 23.0 Å². The third-order valence-electron chi connectivity index (χ3n) is 6.79. The number of hydrogen-bond donors (Lipinski definition) is 1. The third kappa shape index (κ3) is 3.71. The van der Waals surface area contributed by atoms with Crippen molar-refractivity contribution >= 4 is 56.8 Å². The summed E-state index contributed by atoms with van der Waals surface area (Å²) in [6, 6.07) is 29.6. The molecular weight excluding hydrogens is 476 g/mol. The fourth-order valence-electron chi connectivity index (χ4n) is 4.85. The van der Waals surface area contributed by atoms with Gasteiger partial charge < -0.3 is 5.11 Å². The molecule has 0 unspecified atom stereocenters. The van der Waals surface area contributed by atoms with Crippen LogP contribution in [0.5, 0.6) is 5.75 Å². The van der Waals surface area contributed by atoms with E-state index >= 15 is 0 Å². The number of benzene rings is 5. The highest BCUT2D eigenvalue weighted by molar-refractivity contribution is 6.47. The molecule has 1 fully saturated rings. The van der Waals surface area contributed by atoms with Crippen molar-refractivity contribution < 1.29 is 19.5 Å². The van der Waals surface area contributed by atoms with Crippen LogP contribution in [0.25, 0.3) is 27.6 Å². The van der Waals surface area contributed by atoms with Crippen molar-refractivity contribution in [1.29, 1.82) is 0 Å². The second-order valence-electron chi connectivity index (χ2n) is 9.18. The van der Waals surface area contributed by atoms with Crippen molar-refractivity contribution in [1.82, 2.24) is 0 Å². The molecule has 184 valence electrons. The Hall–Kier alpha value is -5.23. The predicted molar refractivity (Wildman–Crippen MR) is 149 cm³/mol. The number of amides is 4. The number of aromatic hydroxyl groups is 1. The highest BCUT2D eigenvalue weighted by Gasteiger charge is 2.44. The first-order valence-electron chi connectivity index (χ1n) is 12.1. The van der Waals surface area contributed by atoms with E-state index in [1.165, 1.54) is 12.1 Å². The van der Waals surface area contributed by atoms with Crippen LogP contribution in [-0.2, 0) is 9.59 Å². The molecule has 4 amide bonds. The van der Waals surface area contributed by atoms with Gasteiger partial charge in [0.15, 0.2) is 0 Å². The molecule has 0 atom stereocenters. The van der Waals surface area contributed by atoms with Gasteiger partial charge in [-0.2, -0.15) is 0 Å².